The van der Waals surface area contributed by atoms with E-state index < -0.39 is 22.1 Å². The third-order valence-corrected chi connectivity index (χ3v) is 6.59. The molecule has 12 heteroatoms. The highest BCUT2D eigenvalue weighted by Crippen LogP contribution is 2.49. The Hall–Kier alpha value is -2.18. The number of amides is 3. The van der Waals surface area contributed by atoms with Gasteiger partial charge < -0.3 is 11.1 Å². The van der Waals surface area contributed by atoms with Gasteiger partial charge in [0.1, 0.15) is 5.00 Å². The number of hydrogen-bond donors (Lipinski definition) is 4. The minimum absolute atomic E-state index is 0.206. The Kier molecular flexibility index (Phi) is 6.92. The van der Waals surface area contributed by atoms with Gasteiger partial charge in [0, 0.05) is 27.7 Å². The number of likely N-dealkylation sites (N-methyl/N-ethyl adjacent to an activating group) is 1. The molecule has 1 fully saturated rings. The zero-order valence-electron chi connectivity index (χ0n) is 16.9. The van der Waals surface area contributed by atoms with Gasteiger partial charge in [0.15, 0.2) is 0 Å². The number of fused-ring (bicyclic) bond motifs is 4. The number of rotatable bonds is 3. The van der Waals surface area contributed by atoms with E-state index in [-0.39, 0.29) is 6.04 Å². The van der Waals surface area contributed by atoms with Crippen molar-refractivity contribution >= 4 is 55.7 Å². The fourth-order valence-corrected chi connectivity index (χ4v) is 5.40. The lowest BCUT2D eigenvalue weighted by atomic mass is 9.97. The number of nitrogens with two attached hydrogens (primary N) is 1. The predicted octanol–water partition coefficient (Wildman–Crippen LogP) is 3.34. The van der Waals surface area contributed by atoms with Crippen molar-refractivity contribution in [3.05, 3.63) is 45.3 Å². The number of nitrogens with zero attached hydrogens (tertiary/aromatic N) is 1. The van der Waals surface area contributed by atoms with Gasteiger partial charge in [0.2, 0.25) is 0 Å². The molecule has 168 valence electrons. The van der Waals surface area contributed by atoms with Crippen molar-refractivity contribution < 1.29 is 22.6 Å². The van der Waals surface area contributed by atoms with E-state index >= 15 is 0 Å². The molecule has 1 saturated heterocycles. The van der Waals surface area contributed by atoms with Gasteiger partial charge in [-0.25, -0.2) is 4.79 Å². The zero-order valence-corrected chi connectivity index (χ0v) is 19.3. The fourth-order valence-electron chi connectivity index (χ4n) is 3.95. The Bertz CT molecular complexity index is 1090. The van der Waals surface area contributed by atoms with Crippen molar-refractivity contribution in [3.63, 3.8) is 0 Å². The number of primary amides is 1. The van der Waals surface area contributed by atoms with Crippen molar-refractivity contribution in [1.82, 2.24) is 4.90 Å². The van der Waals surface area contributed by atoms with E-state index in [2.05, 4.69) is 22.6 Å². The Morgan fingerprint density at radius 2 is 1.84 bits per heavy atom. The summed E-state index contributed by atoms with van der Waals surface area (Å²) in [5.74, 6) is -0.497. The van der Waals surface area contributed by atoms with E-state index in [1.807, 2.05) is 0 Å². The number of carbonyl (C=O) groups is 2. The Morgan fingerprint density at radius 1 is 1.23 bits per heavy atom. The van der Waals surface area contributed by atoms with Gasteiger partial charge in [-0.15, -0.1) is 11.3 Å². The summed E-state index contributed by atoms with van der Waals surface area (Å²) in [6.45, 7) is 0. The number of halogens is 1. The van der Waals surface area contributed by atoms with E-state index in [0.29, 0.717) is 33.6 Å². The van der Waals surface area contributed by atoms with Crippen molar-refractivity contribution in [2.24, 2.45) is 5.73 Å². The molecule has 3 amide bonds. The highest BCUT2D eigenvalue weighted by Gasteiger charge is 2.42. The first-order valence-electron chi connectivity index (χ1n) is 9.37. The molecule has 0 saturated carbocycles. The van der Waals surface area contributed by atoms with Crippen LogP contribution < -0.4 is 16.4 Å². The number of nitrogens with one attached hydrogen (secondary N) is 2. The molecule has 9 nitrogen and oxygen atoms in total. The first-order chi connectivity index (χ1) is 14.4. The number of urea groups is 1. The van der Waals surface area contributed by atoms with Crippen LogP contribution in [0.4, 0.5) is 15.5 Å². The van der Waals surface area contributed by atoms with E-state index in [9.17, 15) is 18.0 Å². The van der Waals surface area contributed by atoms with Gasteiger partial charge >= 0.3 is 6.03 Å². The van der Waals surface area contributed by atoms with Crippen LogP contribution >= 0.6 is 22.9 Å². The molecule has 1 aromatic heterocycles. The lowest BCUT2D eigenvalue weighted by Gasteiger charge is -2.31. The maximum atomic E-state index is 12.4. The van der Waals surface area contributed by atoms with Crippen LogP contribution in [0.2, 0.25) is 5.02 Å². The van der Waals surface area contributed by atoms with E-state index in [1.165, 1.54) is 11.3 Å². The summed E-state index contributed by atoms with van der Waals surface area (Å²) >= 11 is 7.31. The summed E-state index contributed by atoms with van der Waals surface area (Å²) in [6, 6.07) is 7.12. The molecule has 2 atom stereocenters. The Labute approximate surface area is 189 Å². The minimum Gasteiger partial charge on any atom is -0.365 e. The number of anilines is 2. The van der Waals surface area contributed by atoms with E-state index in [0.717, 1.165) is 29.7 Å². The van der Waals surface area contributed by atoms with Gasteiger partial charge in [-0.05, 0) is 56.1 Å². The van der Waals surface area contributed by atoms with Crippen LogP contribution in [0.3, 0.4) is 0 Å². The number of hydrogen-bond acceptors (Lipinski definition) is 6. The lowest BCUT2D eigenvalue weighted by Crippen LogP contribution is -2.34. The molecular formula is C19H23ClN4O5S2. The lowest BCUT2D eigenvalue weighted by molar-refractivity contribution is 0.0997. The first kappa shape index (κ1) is 23.5. The SMILES string of the molecule is CN1C2CC[C@H]1c1c(sc(NC(=O)Nc3ccc(Cl)cc3)c1C(N)=O)C2.CS(=O)(=O)O. The Morgan fingerprint density at radius 3 is 2.42 bits per heavy atom. The van der Waals surface area contributed by atoms with Crippen LogP contribution in [0.15, 0.2) is 24.3 Å². The third kappa shape index (κ3) is 5.74. The molecule has 4 rings (SSSR count). The normalized spacial score (nSPS) is 19.7. The molecule has 31 heavy (non-hydrogen) atoms. The summed E-state index contributed by atoms with van der Waals surface area (Å²) in [5, 5.41) is 6.66. The molecule has 1 aromatic carbocycles. The van der Waals surface area contributed by atoms with Crippen LogP contribution in [0.25, 0.3) is 0 Å². The number of thiophene rings is 1. The average Bonchev–Trinajstić information content (AvgIpc) is 3.10. The highest BCUT2D eigenvalue weighted by molar-refractivity contribution is 7.85. The molecule has 2 bridgehead atoms. The standard InChI is InChI=1S/C18H19ClN4O2S.CH4O3S/c1-23-11-6-7-12(23)14-13(8-11)26-17(15(14)16(20)24)22-18(25)21-10-4-2-9(19)3-5-10;1-5(2,3)4/h2-5,11-12H,6-8H2,1H3,(H2,20,24)(H2,21,22,25);1H3,(H,2,3,4)/t11?,12-;/m0./s1. The van der Waals surface area contributed by atoms with Crippen LogP contribution in [-0.2, 0) is 16.5 Å². The summed E-state index contributed by atoms with van der Waals surface area (Å²) in [7, 11) is -1.58. The van der Waals surface area contributed by atoms with Crippen molar-refractivity contribution in [1.29, 1.82) is 0 Å². The molecule has 1 unspecified atom stereocenters. The second-order valence-electron chi connectivity index (χ2n) is 7.44. The minimum atomic E-state index is -3.67. The highest BCUT2D eigenvalue weighted by atomic mass is 35.5. The number of benzene rings is 1. The van der Waals surface area contributed by atoms with E-state index in [1.54, 1.807) is 24.3 Å². The van der Waals surface area contributed by atoms with E-state index in [4.69, 9.17) is 21.9 Å². The fraction of sp³-hybridized carbons (Fsp3) is 0.368. The molecule has 3 heterocycles. The smallest absolute Gasteiger partial charge is 0.324 e. The summed E-state index contributed by atoms with van der Waals surface area (Å²) in [5.41, 5.74) is 7.74. The van der Waals surface area contributed by atoms with Gasteiger partial charge in [0.05, 0.1) is 11.8 Å². The van der Waals surface area contributed by atoms with Crippen molar-refractivity contribution in [2.45, 2.75) is 31.3 Å². The number of carbonyl (C=O) groups excluding carboxylic acids is 2. The van der Waals surface area contributed by atoms with Crippen LogP contribution in [0.1, 0.15) is 39.7 Å². The first-order valence-corrected chi connectivity index (χ1v) is 12.4. The molecule has 2 aromatic rings. The second-order valence-corrected chi connectivity index (χ2v) is 10.5. The average molecular weight is 487 g/mol. The summed E-state index contributed by atoms with van der Waals surface area (Å²) in [4.78, 5) is 28.0. The van der Waals surface area contributed by atoms with Crippen LogP contribution in [0.5, 0.6) is 0 Å². The molecule has 0 radical (unpaired) electrons. The largest absolute Gasteiger partial charge is 0.365 e. The molecule has 2 aliphatic rings. The maximum absolute atomic E-state index is 12.4. The van der Waals surface area contributed by atoms with Crippen molar-refractivity contribution in [2.75, 3.05) is 23.9 Å². The van der Waals surface area contributed by atoms with Gasteiger partial charge in [-0.1, -0.05) is 11.6 Å². The second kappa shape index (κ2) is 9.13. The molecule has 0 aliphatic carbocycles. The van der Waals surface area contributed by atoms with Gasteiger partial charge in [0.25, 0.3) is 16.0 Å². The quantitative estimate of drug-likeness (QED) is 0.490. The maximum Gasteiger partial charge on any atom is 0.324 e. The molecule has 5 N–H and O–H groups in total. The zero-order chi connectivity index (χ0) is 22.9. The van der Waals surface area contributed by atoms with Crippen molar-refractivity contribution in [3.8, 4) is 0 Å². The van der Waals surface area contributed by atoms with Crippen LogP contribution in [0, 0.1) is 0 Å². The predicted molar refractivity (Wildman–Crippen MR) is 122 cm³/mol. The molecule has 0 spiro atoms. The summed E-state index contributed by atoms with van der Waals surface area (Å²) < 4.78 is 25.9. The van der Waals surface area contributed by atoms with Crippen LogP contribution in [-0.4, -0.2) is 49.2 Å². The molecule has 2 aliphatic heterocycles. The summed E-state index contributed by atoms with van der Waals surface area (Å²) in [6.07, 6.45) is 3.75. The van der Waals surface area contributed by atoms with Gasteiger partial charge in [-0.3, -0.25) is 19.6 Å². The topological polar surface area (TPSA) is 142 Å². The molecular weight excluding hydrogens is 464 g/mol. The Balaban J connectivity index is 0.000000491. The monoisotopic (exact) mass is 486 g/mol. The van der Waals surface area contributed by atoms with Gasteiger partial charge in [-0.2, -0.15) is 8.42 Å². The third-order valence-electron chi connectivity index (χ3n) is 5.19.